The highest BCUT2D eigenvalue weighted by molar-refractivity contribution is 7.98. The number of thiazole rings is 1. The van der Waals surface area contributed by atoms with Gasteiger partial charge in [0.15, 0.2) is 6.61 Å². The molecule has 0 unspecified atom stereocenters. The summed E-state index contributed by atoms with van der Waals surface area (Å²) < 4.78 is 11.3. The van der Waals surface area contributed by atoms with E-state index in [0.717, 1.165) is 33.3 Å². The zero-order chi connectivity index (χ0) is 22.3. The Morgan fingerprint density at radius 2 is 1.97 bits per heavy atom. The molecule has 0 spiro atoms. The van der Waals surface area contributed by atoms with Crippen LogP contribution in [0.3, 0.4) is 0 Å². The molecule has 4 rings (SSSR count). The van der Waals surface area contributed by atoms with E-state index in [1.165, 1.54) is 23.1 Å². The molecule has 0 radical (unpaired) electrons. The second-order valence-electron chi connectivity index (χ2n) is 7.18. The quantitative estimate of drug-likeness (QED) is 0.339. The Morgan fingerprint density at radius 1 is 1.12 bits per heavy atom. The maximum Gasteiger partial charge on any atom is 0.277 e. The van der Waals surface area contributed by atoms with E-state index in [9.17, 15) is 4.79 Å². The molecule has 9 heteroatoms. The Labute approximate surface area is 194 Å². The Bertz CT molecular complexity index is 1190. The predicted octanol–water partition coefficient (Wildman–Crippen LogP) is 5.20. The Kier molecular flexibility index (Phi) is 7.18. The molecule has 32 heavy (non-hydrogen) atoms. The van der Waals surface area contributed by atoms with E-state index in [-0.39, 0.29) is 18.9 Å². The van der Waals surface area contributed by atoms with Crippen LogP contribution in [0.25, 0.3) is 0 Å². The minimum absolute atomic E-state index is 0.0856. The number of thioether (sulfide) groups is 1. The van der Waals surface area contributed by atoms with Crippen molar-refractivity contribution in [3.63, 3.8) is 0 Å². The SMILES string of the molecule is Cc1ccc(NC(=O)Cc2nc(CSc3nnc(COc4cccc(C)c4)o3)cs2)cc1. The van der Waals surface area contributed by atoms with Gasteiger partial charge in [0, 0.05) is 16.8 Å². The molecule has 0 saturated heterocycles. The van der Waals surface area contributed by atoms with E-state index in [4.69, 9.17) is 9.15 Å². The fourth-order valence-corrected chi connectivity index (χ4v) is 4.39. The zero-order valence-corrected chi connectivity index (χ0v) is 19.3. The zero-order valence-electron chi connectivity index (χ0n) is 17.7. The molecule has 0 aliphatic heterocycles. The number of nitrogens with zero attached hydrogens (tertiary/aromatic N) is 3. The fourth-order valence-electron chi connectivity index (χ4n) is 2.82. The molecule has 0 aliphatic rings. The molecule has 0 saturated carbocycles. The number of hydrogen-bond donors (Lipinski definition) is 1. The van der Waals surface area contributed by atoms with Crippen LogP contribution in [-0.2, 0) is 23.6 Å². The highest BCUT2D eigenvalue weighted by atomic mass is 32.2. The van der Waals surface area contributed by atoms with Gasteiger partial charge in [-0.05, 0) is 43.7 Å². The maximum absolute atomic E-state index is 12.2. The van der Waals surface area contributed by atoms with Crippen LogP contribution in [0.1, 0.15) is 27.7 Å². The van der Waals surface area contributed by atoms with Gasteiger partial charge in [0.05, 0.1) is 12.1 Å². The lowest BCUT2D eigenvalue weighted by Gasteiger charge is -2.04. The van der Waals surface area contributed by atoms with Gasteiger partial charge in [-0.3, -0.25) is 4.79 Å². The molecule has 0 fully saturated rings. The van der Waals surface area contributed by atoms with E-state index in [1.54, 1.807) is 0 Å². The number of anilines is 1. The molecule has 1 N–H and O–H groups in total. The molecule has 2 aromatic heterocycles. The van der Waals surface area contributed by atoms with Crippen LogP contribution in [0.15, 0.2) is 63.6 Å². The minimum Gasteiger partial charge on any atom is -0.484 e. The number of aromatic nitrogens is 3. The summed E-state index contributed by atoms with van der Waals surface area (Å²) in [7, 11) is 0. The lowest BCUT2D eigenvalue weighted by Crippen LogP contribution is -2.14. The third kappa shape index (κ3) is 6.41. The molecule has 1 amide bonds. The lowest BCUT2D eigenvalue weighted by atomic mass is 10.2. The Hall–Kier alpha value is -3.17. The number of aryl methyl sites for hydroxylation is 2. The normalized spacial score (nSPS) is 10.8. The van der Waals surface area contributed by atoms with Crippen molar-refractivity contribution < 1.29 is 13.9 Å². The van der Waals surface area contributed by atoms with Crippen molar-refractivity contribution in [2.75, 3.05) is 5.32 Å². The molecular weight excluding hydrogens is 444 g/mol. The van der Waals surface area contributed by atoms with Crippen LogP contribution in [-0.4, -0.2) is 21.1 Å². The van der Waals surface area contributed by atoms with Gasteiger partial charge in [-0.1, -0.05) is 41.6 Å². The first-order valence-electron chi connectivity index (χ1n) is 9.98. The topological polar surface area (TPSA) is 90.1 Å². The van der Waals surface area contributed by atoms with Crippen molar-refractivity contribution >= 4 is 34.7 Å². The number of nitrogens with one attached hydrogen (secondary N) is 1. The minimum atomic E-state index is -0.0856. The van der Waals surface area contributed by atoms with E-state index in [2.05, 4.69) is 20.5 Å². The van der Waals surface area contributed by atoms with Crippen LogP contribution in [0, 0.1) is 13.8 Å². The largest absolute Gasteiger partial charge is 0.484 e. The van der Waals surface area contributed by atoms with E-state index in [1.807, 2.05) is 67.8 Å². The molecule has 0 bridgehead atoms. The van der Waals surface area contributed by atoms with Gasteiger partial charge in [-0.15, -0.1) is 21.5 Å². The van der Waals surface area contributed by atoms with E-state index < -0.39 is 0 Å². The third-order valence-electron chi connectivity index (χ3n) is 4.39. The molecule has 4 aromatic rings. The number of amides is 1. The molecule has 164 valence electrons. The predicted molar refractivity (Wildman–Crippen MR) is 125 cm³/mol. The average molecular weight is 467 g/mol. The lowest BCUT2D eigenvalue weighted by molar-refractivity contribution is -0.115. The average Bonchev–Trinajstić information content (AvgIpc) is 3.42. The van der Waals surface area contributed by atoms with Gasteiger partial charge in [0.1, 0.15) is 10.8 Å². The monoisotopic (exact) mass is 466 g/mol. The van der Waals surface area contributed by atoms with Crippen molar-refractivity contribution in [1.29, 1.82) is 0 Å². The summed E-state index contributed by atoms with van der Waals surface area (Å²) >= 11 is 2.87. The molecule has 0 aliphatic carbocycles. The van der Waals surface area contributed by atoms with Crippen LogP contribution in [0.4, 0.5) is 5.69 Å². The number of carbonyl (C=O) groups excluding carboxylic acids is 1. The van der Waals surface area contributed by atoms with Crippen molar-refractivity contribution in [2.24, 2.45) is 0 Å². The molecule has 0 atom stereocenters. The summed E-state index contributed by atoms with van der Waals surface area (Å²) in [6.07, 6.45) is 0.240. The molecule has 2 heterocycles. The van der Waals surface area contributed by atoms with Crippen LogP contribution in [0.2, 0.25) is 0 Å². The van der Waals surface area contributed by atoms with Gasteiger partial charge in [0.2, 0.25) is 5.91 Å². The second-order valence-corrected chi connectivity index (χ2v) is 9.05. The summed E-state index contributed by atoms with van der Waals surface area (Å²) in [5.74, 6) is 1.67. The highest BCUT2D eigenvalue weighted by Crippen LogP contribution is 2.23. The number of ether oxygens (including phenoxy) is 1. The standard InChI is InChI=1S/C23H22N4O3S2/c1-15-6-8-17(9-7-15)24-20(28)11-22-25-18(13-31-22)14-32-23-27-26-21(30-23)12-29-19-5-3-4-16(2)10-19/h3-10,13H,11-12,14H2,1-2H3,(H,24,28). The maximum atomic E-state index is 12.2. The molecule has 7 nitrogen and oxygen atoms in total. The number of carbonyl (C=O) groups is 1. The smallest absolute Gasteiger partial charge is 0.277 e. The highest BCUT2D eigenvalue weighted by Gasteiger charge is 2.12. The van der Waals surface area contributed by atoms with E-state index in [0.29, 0.717) is 16.9 Å². The summed E-state index contributed by atoms with van der Waals surface area (Å²) in [5, 5.41) is 14.1. The number of rotatable bonds is 9. The third-order valence-corrected chi connectivity index (χ3v) is 6.14. The molecule has 2 aromatic carbocycles. The van der Waals surface area contributed by atoms with Crippen molar-refractivity contribution in [2.45, 2.75) is 37.9 Å². The van der Waals surface area contributed by atoms with Crippen molar-refractivity contribution in [1.82, 2.24) is 15.2 Å². The summed E-state index contributed by atoms with van der Waals surface area (Å²) in [6.45, 7) is 4.23. The Balaban J connectivity index is 1.23. The van der Waals surface area contributed by atoms with Gasteiger partial charge >= 0.3 is 0 Å². The van der Waals surface area contributed by atoms with E-state index >= 15 is 0 Å². The summed E-state index contributed by atoms with van der Waals surface area (Å²) in [5.41, 5.74) is 3.93. The van der Waals surface area contributed by atoms with Crippen molar-refractivity contribution in [3.05, 3.63) is 81.6 Å². The van der Waals surface area contributed by atoms with Crippen LogP contribution >= 0.6 is 23.1 Å². The van der Waals surface area contributed by atoms with Gasteiger partial charge in [-0.25, -0.2) is 4.98 Å². The fraction of sp³-hybridized carbons (Fsp3) is 0.217. The molecular formula is C23H22N4O3S2. The first-order valence-corrected chi connectivity index (χ1v) is 11.8. The van der Waals surface area contributed by atoms with Crippen LogP contribution < -0.4 is 10.1 Å². The first-order chi connectivity index (χ1) is 15.5. The second kappa shape index (κ2) is 10.4. The van der Waals surface area contributed by atoms with Gasteiger partial charge < -0.3 is 14.5 Å². The first kappa shape index (κ1) is 22.0. The van der Waals surface area contributed by atoms with Crippen LogP contribution in [0.5, 0.6) is 5.75 Å². The summed E-state index contributed by atoms with van der Waals surface area (Å²) in [4.78, 5) is 16.8. The Morgan fingerprint density at radius 3 is 2.78 bits per heavy atom. The number of hydrogen-bond acceptors (Lipinski definition) is 8. The van der Waals surface area contributed by atoms with Crippen molar-refractivity contribution in [3.8, 4) is 5.75 Å². The summed E-state index contributed by atoms with van der Waals surface area (Å²) in [6, 6.07) is 15.5. The van der Waals surface area contributed by atoms with Gasteiger partial charge in [0.25, 0.3) is 11.1 Å². The number of benzene rings is 2. The van der Waals surface area contributed by atoms with Gasteiger partial charge in [-0.2, -0.15) is 0 Å².